The number of rotatable bonds is 32. The topological polar surface area (TPSA) is 26.0 Å². The van der Waals surface area contributed by atoms with E-state index in [4.69, 9.17) is 5.73 Å². The summed E-state index contributed by atoms with van der Waals surface area (Å²) in [6.07, 6.45) is 36.1. The fourth-order valence-electron chi connectivity index (χ4n) is 5.89. The fraction of sp³-hybridized carbons (Fsp3) is 1.00. The van der Waals surface area contributed by atoms with Crippen molar-refractivity contribution in [3.05, 3.63) is 0 Å². The highest BCUT2D eigenvalue weighted by molar-refractivity contribution is 4.75. The molecule has 0 aromatic heterocycles. The Bertz CT molecular complexity index is 428. The summed E-state index contributed by atoms with van der Waals surface area (Å²) in [6, 6.07) is -0.324. The molecule has 3 heteroatoms. The zero-order valence-electron chi connectivity index (χ0n) is 26.3. The molecule has 38 heavy (non-hydrogen) atoms. The van der Waals surface area contributed by atoms with Crippen LogP contribution in [0.3, 0.4) is 0 Å². The Labute approximate surface area is 239 Å². The van der Waals surface area contributed by atoms with Crippen molar-refractivity contribution >= 4 is 0 Å². The van der Waals surface area contributed by atoms with Crippen molar-refractivity contribution in [1.29, 1.82) is 0 Å². The average Bonchev–Trinajstić information content (AvgIpc) is 2.90. The minimum absolute atomic E-state index is 0.324. The van der Waals surface area contributed by atoms with Gasteiger partial charge >= 0.3 is 0 Å². The first-order chi connectivity index (χ1) is 18.6. The first-order valence-electron chi connectivity index (χ1n) is 17.7. The Balaban J connectivity index is 3.46. The van der Waals surface area contributed by atoms with Crippen molar-refractivity contribution in [1.82, 2.24) is 0 Å². The molecule has 0 spiro atoms. The summed E-state index contributed by atoms with van der Waals surface area (Å²) in [5.74, 6) is -0.602. The molecule has 0 saturated carbocycles. The van der Waals surface area contributed by atoms with Gasteiger partial charge in [0.25, 0.3) is 0 Å². The van der Waals surface area contributed by atoms with Crippen LogP contribution >= 0.6 is 0 Å². The zero-order chi connectivity index (χ0) is 27.9. The van der Waals surface area contributed by atoms with E-state index in [1.165, 1.54) is 154 Å². The second-order valence-electron chi connectivity index (χ2n) is 12.4. The van der Waals surface area contributed by atoms with Gasteiger partial charge in [-0.25, -0.2) is 8.78 Å². The van der Waals surface area contributed by atoms with Gasteiger partial charge in [0.1, 0.15) is 0 Å². The minimum Gasteiger partial charge on any atom is -0.327 e. The monoisotopic (exact) mass is 544 g/mol. The van der Waals surface area contributed by atoms with E-state index in [9.17, 15) is 8.78 Å². The first kappa shape index (κ1) is 37.8. The van der Waals surface area contributed by atoms with E-state index in [-0.39, 0.29) is 6.04 Å². The summed E-state index contributed by atoms with van der Waals surface area (Å²) >= 11 is 0. The van der Waals surface area contributed by atoms with Crippen LogP contribution in [0.25, 0.3) is 0 Å². The lowest BCUT2D eigenvalue weighted by Gasteiger charge is -2.23. The van der Waals surface area contributed by atoms with E-state index < -0.39 is 12.3 Å². The SMILES string of the molecule is CCCCCCCCCCCCCCCCCCCCCC(N)C(CCCCCCCCCCC)C(F)F. The second-order valence-corrected chi connectivity index (χ2v) is 12.4. The Hall–Kier alpha value is -0.180. The molecule has 0 aromatic carbocycles. The molecular formula is C35H71F2N. The van der Waals surface area contributed by atoms with Gasteiger partial charge in [-0.1, -0.05) is 194 Å². The Morgan fingerprint density at radius 3 is 0.868 bits per heavy atom. The quantitative estimate of drug-likeness (QED) is 0.0839. The molecule has 0 heterocycles. The Morgan fingerprint density at radius 1 is 0.368 bits per heavy atom. The molecule has 0 aromatic rings. The Morgan fingerprint density at radius 2 is 0.605 bits per heavy atom. The molecule has 0 aliphatic heterocycles. The number of nitrogens with two attached hydrogens (primary N) is 1. The van der Waals surface area contributed by atoms with Gasteiger partial charge < -0.3 is 5.73 Å². The van der Waals surface area contributed by atoms with Crippen LogP contribution in [0, 0.1) is 5.92 Å². The summed E-state index contributed by atoms with van der Waals surface area (Å²) in [5, 5.41) is 0. The lowest BCUT2D eigenvalue weighted by atomic mass is 9.90. The molecule has 0 aliphatic carbocycles. The number of unbranched alkanes of at least 4 members (excludes halogenated alkanes) is 26. The van der Waals surface area contributed by atoms with Crippen molar-refractivity contribution in [2.75, 3.05) is 0 Å². The average molecular weight is 544 g/mol. The van der Waals surface area contributed by atoms with Gasteiger partial charge in [0, 0.05) is 12.0 Å². The van der Waals surface area contributed by atoms with Crippen LogP contribution in [0.5, 0.6) is 0 Å². The van der Waals surface area contributed by atoms with Crippen molar-refractivity contribution < 1.29 is 8.78 Å². The van der Waals surface area contributed by atoms with Crippen molar-refractivity contribution in [2.45, 2.75) is 219 Å². The number of halogens is 2. The number of hydrogen-bond donors (Lipinski definition) is 1. The van der Waals surface area contributed by atoms with Gasteiger partial charge in [-0.15, -0.1) is 0 Å². The predicted molar refractivity (Wildman–Crippen MR) is 167 cm³/mol. The molecule has 2 atom stereocenters. The molecule has 0 radical (unpaired) electrons. The van der Waals surface area contributed by atoms with E-state index in [1.807, 2.05) is 0 Å². The third-order valence-corrected chi connectivity index (χ3v) is 8.66. The van der Waals surface area contributed by atoms with Crippen LogP contribution in [0.15, 0.2) is 0 Å². The maximum atomic E-state index is 13.6. The summed E-state index contributed by atoms with van der Waals surface area (Å²) in [4.78, 5) is 0. The molecule has 0 saturated heterocycles. The smallest absolute Gasteiger partial charge is 0.242 e. The summed E-state index contributed by atoms with van der Waals surface area (Å²) < 4.78 is 27.1. The van der Waals surface area contributed by atoms with Crippen LogP contribution in [0.1, 0.15) is 206 Å². The Kier molecular flexibility index (Phi) is 31.2. The number of alkyl halides is 2. The van der Waals surface area contributed by atoms with Gasteiger partial charge in [0.15, 0.2) is 0 Å². The van der Waals surface area contributed by atoms with Gasteiger partial charge in [0.05, 0.1) is 0 Å². The molecule has 2 unspecified atom stereocenters. The number of hydrogen-bond acceptors (Lipinski definition) is 1. The van der Waals surface area contributed by atoms with Gasteiger partial charge in [-0.05, 0) is 12.8 Å². The molecule has 0 aliphatic rings. The summed E-state index contributed by atoms with van der Waals surface area (Å²) in [5.41, 5.74) is 6.22. The molecule has 2 N–H and O–H groups in total. The van der Waals surface area contributed by atoms with Crippen LogP contribution in [-0.2, 0) is 0 Å². The van der Waals surface area contributed by atoms with E-state index in [0.29, 0.717) is 6.42 Å². The van der Waals surface area contributed by atoms with E-state index in [0.717, 1.165) is 32.1 Å². The van der Waals surface area contributed by atoms with Crippen molar-refractivity contribution in [3.63, 3.8) is 0 Å². The van der Waals surface area contributed by atoms with Crippen molar-refractivity contribution in [3.8, 4) is 0 Å². The second kappa shape index (κ2) is 31.3. The van der Waals surface area contributed by atoms with Crippen LogP contribution in [0.2, 0.25) is 0 Å². The van der Waals surface area contributed by atoms with E-state index in [2.05, 4.69) is 13.8 Å². The molecule has 0 fully saturated rings. The fourth-order valence-corrected chi connectivity index (χ4v) is 5.89. The van der Waals surface area contributed by atoms with Crippen molar-refractivity contribution in [2.24, 2.45) is 11.7 Å². The van der Waals surface area contributed by atoms with E-state index in [1.54, 1.807) is 0 Å². The van der Waals surface area contributed by atoms with Gasteiger partial charge in [0.2, 0.25) is 6.43 Å². The lowest BCUT2D eigenvalue weighted by molar-refractivity contribution is 0.0541. The maximum Gasteiger partial charge on any atom is 0.242 e. The van der Waals surface area contributed by atoms with Gasteiger partial charge in [-0.3, -0.25) is 0 Å². The predicted octanol–water partition coefficient (Wildman–Crippen LogP) is 12.9. The molecular weight excluding hydrogens is 472 g/mol. The summed E-state index contributed by atoms with van der Waals surface area (Å²) in [6.45, 7) is 4.53. The highest BCUT2D eigenvalue weighted by Gasteiger charge is 2.26. The third kappa shape index (κ3) is 27.4. The minimum atomic E-state index is -2.26. The van der Waals surface area contributed by atoms with Gasteiger partial charge in [-0.2, -0.15) is 0 Å². The van der Waals surface area contributed by atoms with Crippen LogP contribution < -0.4 is 5.73 Å². The molecule has 1 nitrogen and oxygen atoms in total. The van der Waals surface area contributed by atoms with Crippen LogP contribution in [-0.4, -0.2) is 12.5 Å². The molecule has 0 rings (SSSR count). The molecule has 230 valence electrons. The molecule has 0 bridgehead atoms. The summed E-state index contributed by atoms with van der Waals surface area (Å²) in [7, 11) is 0. The van der Waals surface area contributed by atoms with Crippen LogP contribution in [0.4, 0.5) is 8.78 Å². The maximum absolute atomic E-state index is 13.6. The standard InChI is InChI=1S/C35H71F2N/c1-3-5-7-9-11-13-14-15-16-17-18-19-20-21-22-24-26-28-30-32-34(38)33(35(36)37)31-29-27-25-23-12-10-8-6-4-2/h33-35H,3-32,38H2,1-2H3. The zero-order valence-corrected chi connectivity index (χ0v) is 26.3. The van der Waals surface area contributed by atoms with E-state index >= 15 is 0 Å². The largest absolute Gasteiger partial charge is 0.327 e. The highest BCUT2D eigenvalue weighted by Crippen LogP contribution is 2.24. The molecule has 0 amide bonds. The normalized spacial score (nSPS) is 13.4. The highest BCUT2D eigenvalue weighted by atomic mass is 19.3. The third-order valence-electron chi connectivity index (χ3n) is 8.66. The first-order valence-corrected chi connectivity index (χ1v) is 17.7. The lowest BCUT2D eigenvalue weighted by Crippen LogP contribution is -2.34.